The van der Waals surface area contributed by atoms with Gasteiger partial charge in [0, 0.05) is 6.20 Å². The van der Waals surface area contributed by atoms with E-state index in [4.69, 9.17) is 16.7 Å². The molecule has 14 heavy (non-hydrogen) atoms. The molecule has 0 atom stereocenters. The lowest BCUT2D eigenvalue weighted by Crippen LogP contribution is -2.34. The van der Waals surface area contributed by atoms with Crippen LogP contribution in [0.3, 0.4) is 0 Å². The van der Waals surface area contributed by atoms with Gasteiger partial charge in [-0.05, 0) is 6.07 Å². The predicted molar refractivity (Wildman–Crippen MR) is 49.7 cm³/mol. The van der Waals surface area contributed by atoms with Gasteiger partial charge in [0.1, 0.15) is 11.9 Å². The highest BCUT2D eigenvalue weighted by atomic mass is 16.2. The highest BCUT2D eigenvalue weighted by molar-refractivity contribution is 5.75. The molecule has 7 nitrogen and oxygen atoms in total. The number of amides is 2. The van der Waals surface area contributed by atoms with Gasteiger partial charge in [-0.15, -0.1) is 0 Å². The molecule has 0 radical (unpaired) electrons. The number of hydrazine groups is 1. The molecule has 1 aromatic rings. The van der Waals surface area contributed by atoms with E-state index in [0.29, 0.717) is 11.3 Å². The Balaban J connectivity index is 2.85. The summed E-state index contributed by atoms with van der Waals surface area (Å²) in [7, 11) is 0. The Bertz CT molecular complexity index is 396. The normalized spacial score (nSPS) is 8.79. The molecule has 0 aliphatic heterocycles. The lowest BCUT2D eigenvalue weighted by molar-refractivity contribution is 0.250. The van der Waals surface area contributed by atoms with E-state index in [-0.39, 0.29) is 5.82 Å². The number of nitrogens with two attached hydrogens (primary N) is 2. The minimum atomic E-state index is -0.758. The minimum Gasteiger partial charge on any atom is -0.382 e. The molecule has 0 fully saturated rings. The molecule has 72 valence electrons. The average molecular weight is 192 g/mol. The quantitative estimate of drug-likeness (QED) is 0.470. The molecular weight excluding hydrogens is 184 g/mol. The zero-order valence-electron chi connectivity index (χ0n) is 7.11. The summed E-state index contributed by atoms with van der Waals surface area (Å²) in [6.07, 6.45) is 1.32. The molecule has 0 saturated heterocycles. The SMILES string of the molecule is N#Cc1cnc(N)c(NNC(N)=O)c1. The number of nitrogens with one attached hydrogen (secondary N) is 2. The second-order valence-electron chi connectivity index (χ2n) is 2.38. The number of carbonyl (C=O) groups is 1. The van der Waals surface area contributed by atoms with E-state index < -0.39 is 6.03 Å². The molecule has 0 saturated carbocycles. The van der Waals surface area contributed by atoms with Crippen molar-refractivity contribution in [1.82, 2.24) is 10.4 Å². The van der Waals surface area contributed by atoms with Crippen molar-refractivity contribution >= 4 is 17.5 Å². The van der Waals surface area contributed by atoms with Crippen LogP contribution >= 0.6 is 0 Å². The molecule has 1 rings (SSSR count). The summed E-state index contributed by atoms with van der Waals surface area (Å²) >= 11 is 0. The molecule has 1 aromatic heterocycles. The largest absolute Gasteiger partial charge is 0.382 e. The Kier molecular flexibility index (Phi) is 2.71. The van der Waals surface area contributed by atoms with E-state index in [2.05, 4.69) is 15.8 Å². The number of nitrogen functional groups attached to an aromatic ring is 1. The number of nitriles is 1. The van der Waals surface area contributed by atoms with Crippen LogP contribution in [0.1, 0.15) is 5.56 Å². The van der Waals surface area contributed by atoms with Gasteiger partial charge >= 0.3 is 6.03 Å². The van der Waals surface area contributed by atoms with Crippen LogP contribution in [0.15, 0.2) is 12.3 Å². The summed E-state index contributed by atoms with van der Waals surface area (Å²) in [5.74, 6) is 0.165. The summed E-state index contributed by atoms with van der Waals surface area (Å²) in [5, 5.41) is 8.56. The molecule has 0 unspecified atom stereocenters. The maximum atomic E-state index is 10.4. The minimum absolute atomic E-state index is 0.165. The van der Waals surface area contributed by atoms with E-state index >= 15 is 0 Å². The molecule has 0 aromatic carbocycles. The first kappa shape index (κ1) is 9.60. The molecule has 6 N–H and O–H groups in total. The fourth-order valence-corrected chi connectivity index (χ4v) is 0.766. The van der Waals surface area contributed by atoms with Gasteiger partial charge in [-0.3, -0.25) is 10.9 Å². The third-order valence-electron chi connectivity index (χ3n) is 1.37. The average Bonchev–Trinajstić information content (AvgIpc) is 2.16. The van der Waals surface area contributed by atoms with Crippen molar-refractivity contribution in [3.05, 3.63) is 17.8 Å². The van der Waals surface area contributed by atoms with Crippen LogP contribution < -0.4 is 22.3 Å². The van der Waals surface area contributed by atoms with Crippen LogP contribution in [-0.4, -0.2) is 11.0 Å². The maximum absolute atomic E-state index is 10.4. The Hall–Kier alpha value is -2.49. The van der Waals surface area contributed by atoms with E-state index in [1.54, 1.807) is 0 Å². The molecular formula is C7H8N6O. The summed E-state index contributed by atoms with van der Waals surface area (Å²) < 4.78 is 0. The number of aromatic nitrogens is 1. The van der Waals surface area contributed by atoms with Crippen molar-refractivity contribution in [2.24, 2.45) is 5.73 Å². The summed E-state index contributed by atoms with van der Waals surface area (Å²) in [6, 6.07) is 2.57. The van der Waals surface area contributed by atoms with E-state index in [9.17, 15) is 4.79 Å². The van der Waals surface area contributed by atoms with Gasteiger partial charge in [0.05, 0.1) is 11.3 Å². The Labute approximate surface area is 79.7 Å². The van der Waals surface area contributed by atoms with Crippen molar-refractivity contribution in [2.45, 2.75) is 0 Å². The number of pyridine rings is 1. The van der Waals surface area contributed by atoms with Crippen LogP contribution in [-0.2, 0) is 0 Å². The number of nitrogens with zero attached hydrogens (tertiary/aromatic N) is 2. The third kappa shape index (κ3) is 2.25. The lowest BCUT2D eigenvalue weighted by Gasteiger charge is -2.07. The number of hydrogen-bond acceptors (Lipinski definition) is 5. The third-order valence-corrected chi connectivity index (χ3v) is 1.37. The zero-order valence-corrected chi connectivity index (χ0v) is 7.11. The van der Waals surface area contributed by atoms with Crippen LogP contribution in [0.25, 0.3) is 0 Å². The van der Waals surface area contributed by atoms with Crippen LogP contribution in [0.5, 0.6) is 0 Å². The van der Waals surface area contributed by atoms with Gasteiger partial charge in [0.2, 0.25) is 0 Å². The highest BCUT2D eigenvalue weighted by Gasteiger charge is 2.02. The molecule has 0 spiro atoms. The number of urea groups is 1. The van der Waals surface area contributed by atoms with Crippen LogP contribution in [0.2, 0.25) is 0 Å². The van der Waals surface area contributed by atoms with Gasteiger partial charge in [-0.25, -0.2) is 9.78 Å². The number of carbonyl (C=O) groups excluding carboxylic acids is 1. The number of anilines is 2. The highest BCUT2D eigenvalue weighted by Crippen LogP contribution is 2.14. The van der Waals surface area contributed by atoms with Crippen molar-refractivity contribution in [3.8, 4) is 6.07 Å². The molecule has 0 aliphatic rings. The first-order valence-electron chi connectivity index (χ1n) is 3.60. The van der Waals surface area contributed by atoms with Gasteiger partial charge < -0.3 is 11.5 Å². The standard InChI is InChI=1S/C7H8N6O/c8-2-4-1-5(6(9)11-3-4)12-13-7(10)14/h1,3,12H,(H2,9,11)(H3,10,13,14). The topological polar surface area (TPSA) is 130 Å². The molecule has 1 heterocycles. The zero-order chi connectivity index (χ0) is 10.6. The van der Waals surface area contributed by atoms with Crippen LogP contribution in [0, 0.1) is 11.3 Å². The van der Waals surface area contributed by atoms with E-state index in [0.717, 1.165) is 0 Å². The van der Waals surface area contributed by atoms with Crippen molar-refractivity contribution in [1.29, 1.82) is 5.26 Å². The Morgan fingerprint density at radius 3 is 2.93 bits per heavy atom. The fourth-order valence-electron chi connectivity index (χ4n) is 0.766. The fraction of sp³-hybridized carbons (Fsp3) is 0. The van der Waals surface area contributed by atoms with Gasteiger partial charge in [-0.1, -0.05) is 0 Å². The van der Waals surface area contributed by atoms with Crippen LogP contribution in [0.4, 0.5) is 16.3 Å². The first-order valence-corrected chi connectivity index (χ1v) is 3.60. The molecule has 0 aliphatic carbocycles. The second kappa shape index (κ2) is 3.95. The molecule has 7 heteroatoms. The summed E-state index contributed by atoms with van der Waals surface area (Å²) in [5.41, 5.74) is 15.5. The van der Waals surface area contributed by atoms with Crippen molar-refractivity contribution < 1.29 is 4.79 Å². The molecule has 0 bridgehead atoms. The van der Waals surface area contributed by atoms with Gasteiger partial charge in [0.15, 0.2) is 0 Å². The first-order chi connectivity index (χ1) is 6.63. The predicted octanol–water partition coefficient (Wildman–Crippen LogP) is -0.469. The van der Waals surface area contributed by atoms with Gasteiger partial charge in [0.25, 0.3) is 0 Å². The number of rotatable bonds is 2. The monoisotopic (exact) mass is 192 g/mol. The van der Waals surface area contributed by atoms with E-state index in [1.165, 1.54) is 12.3 Å². The van der Waals surface area contributed by atoms with Crippen molar-refractivity contribution in [2.75, 3.05) is 11.2 Å². The maximum Gasteiger partial charge on any atom is 0.330 e. The van der Waals surface area contributed by atoms with E-state index in [1.807, 2.05) is 6.07 Å². The smallest absolute Gasteiger partial charge is 0.330 e. The Morgan fingerprint density at radius 2 is 2.36 bits per heavy atom. The Morgan fingerprint density at radius 1 is 1.64 bits per heavy atom. The molecule has 2 amide bonds. The summed E-state index contributed by atoms with van der Waals surface area (Å²) in [6.45, 7) is 0. The van der Waals surface area contributed by atoms with Crippen molar-refractivity contribution in [3.63, 3.8) is 0 Å². The number of hydrogen-bond donors (Lipinski definition) is 4. The summed E-state index contributed by atoms with van der Waals surface area (Å²) in [4.78, 5) is 14.1. The number of primary amides is 1. The van der Waals surface area contributed by atoms with Gasteiger partial charge in [-0.2, -0.15) is 5.26 Å². The lowest BCUT2D eigenvalue weighted by atomic mass is 10.3. The second-order valence-corrected chi connectivity index (χ2v) is 2.38.